The van der Waals surface area contributed by atoms with Gasteiger partial charge in [0.15, 0.2) is 0 Å². The van der Waals surface area contributed by atoms with Gasteiger partial charge in [-0.15, -0.1) is 0 Å². The number of hydrogen-bond donors (Lipinski definition) is 0. The van der Waals surface area contributed by atoms with Crippen LogP contribution in [0.3, 0.4) is 0 Å². The lowest BCUT2D eigenvalue weighted by Gasteiger charge is -2.08. The summed E-state index contributed by atoms with van der Waals surface area (Å²) in [5.74, 6) is -1.89. The third kappa shape index (κ3) is 1.15. The first-order chi connectivity index (χ1) is 6.61. The second-order valence-electron chi connectivity index (χ2n) is 3.20. The normalized spacial score (nSPS) is 24.1. The second kappa shape index (κ2) is 2.98. The smallest absolute Gasteiger partial charge is 0.269 e. The summed E-state index contributed by atoms with van der Waals surface area (Å²) in [6.07, 6.45) is 0.317. The molecular weight excluding hydrogens is 188 g/mol. The molecule has 14 heavy (non-hydrogen) atoms. The number of hydrazine groups is 1. The molecule has 0 spiro atoms. The molecule has 2 aliphatic heterocycles. The highest BCUT2D eigenvalue weighted by molar-refractivity contribution is 6.12. The zero-order chi connectivity index (χ0) is 10.3. The molecule has 73 valence electrons. The Kier molecular flexibility index (Phi) is 1.92. The van der Waals surface area contributed by atoms with Crippen LogP contribution < -0.4 is 5.01 Å². The van der Waals surface area contributed by atoms with E-state index in [0.717, 1.165) is 0 Å². The van der Waals surface area contributed by atoms with Gasteiger partial charge in [-0.2, -0.15) is 0 Å². The number of rotatable bonds is 1. The molecule has 2 aliphatic rings. The van der Waals surface area contributed by atoms with Crippen molar-refractivity contribution in [3.05, 3.63) is 0 Å². The minimum absolute atomic E-state index is 0.0793. The first-order valence-corrected chi connectivity index (χ1v) is 4.33. The van der Waals surface area contributed by atoms with Crippen LogP contribution in [0.5, 0.6) is 0 Å². The van der Waals surface area contributed by atoms with Gasteiger partial charge >= 0.3 is 11.8 Å². The topological polar surface area (TPSA) is 77.4 Å². The zero-order valence-electron chi connectivity index (χ0n) is 7.36. The van der Waals surface area contributed by atoms with Crippen molar-refractivity contribution in [3.63, 3.8) is 0 Å². The van der Waals surface area contributed by atoms with Crippen molar-refractivity contribution in [1.82, 2.24) is 10.0 Å². The largest absolute Gasteiger partial charge is 0.398 e. The van der Waals surface area contributed by atoms with Crippen molar-refractivity contribution in [2.24, 2.45) is 0 Å². The van der Waals surface area contributed by atoms with Gasteiger partial charge in [0.1, 0.15) is 5.01 Å². The first kappa shape index (κ1) is 9.01. The van der Waals surface area contributed by atoms with E-state index in [2.05, 4.69) is 0 Å². The van der Waals surface area contributed by atoms with E-state index >= 15 is 0 Å². The van der Waals surface area contributed by atoms with Gasteiger partial charge in [-0.3, -0.25) is 9.59 Å². The van der Waals surface area contributed by atoms with E-state index in [-0.39, 0.29) is 25.7 Å². The lowest BCUT2D eigenvalue weighted by atomic mass is 10.4. The van der Waals surface area contributed by atoms with Gasteiger partial charge in [0.05, 0.1) is 12.8 Å². The summed E-state index contributed by atoms with van der Waals surface area (Å²) < 4.78 is 0. The molecule has 0 aliphatic carbocycles. The number of carbonyl (C=O) groups is 4. The maximum Gasteiger partial charge on any atom is 0.398 e. The van der Waals surface area contributed by atoms with E-state index in [4.69, 9.17) is 0 Å². The average Bonchev–Trinajstić information content (AvgIpc) is 2.60. The minimum atomic E-state index is -0.474. The van der Waals surface area contributed by atoms with Crippen molar-refractivity contribution in [2.75, 3.05) is 0 Å². The quantitative estimate of drug-likeness (QED) is 0.399. The highest BCUT2D eigenvalue weighted by atomic mass is 16.2. The van der Waals surface area contributed by atoms with Crippen molar-refractivity contribution >= 4 is 23.6 Å². The Bertz CT molecular complexity index is 283. The highest BCUT2D eigenvalue weighted by Crippen LogP contribution is 2.19. The maximum absolute atomic E-state index is 11.2. The number of amides is 4. The van der Waals surface area contributed by atoms with Gasteiger partial charge in [0.25, 0.3) is 11.8 Å². The maximum atomic E-state index is 11.2. The van der Waals surface area contributed by atoms with Gasteiger partial charge in [0.2, 0.25) is 0 Å². The molecule has 4 amide bonds. The molecule has 6 heteroatoms. The Morgan fingerprint density at radius 2 is 1.21 bits per heavy atom. The van der Waals surface area contributed by atoms with E-state index in [0.29, 0.717) is 10.0 Å². The van der Waals surface area contributed by atoms with Crippen molar-refractivity contribution in [3.8, 4) is 0 Å². The number of nitrogens with zero attached hydrogens (tertiary/aromatic N) is 2. The molecule has 2 saturated heterocycles. The molecule has 2 rings (SSSR count). The summed E-state index contributed by atoms with van der Waals surface area (Å²) in [5.41, 5.74) is 0. The Morgan fingerprint density at radius 1 is 0.786 bits per heavy atom. The van der Waals surface area contributed by atoms with Gasteiger partial charge in [-0.05, 0) is 0 Å². The molecule has 0 saturated carbocycles. The standard InChI is InChI=1S/C8H8N2O4/c11-5-1-2-6(12)9(5)10-7(13)3-4-8(10)14/h1-4H2/q+1. The summed E-state index contributed by atoms with van der Waals surface area (Å²) in [6, 6.07) is 0. The van der Waals surface area contributed by atoms with Gasteiger partial charge in [0, 0.05) is 12.8 Å². The molecule has 0 aromatic rings. The van der Waals surface area contributed by atoms with E-state index in [1.807, 2.05) is 0 Å². The summed E-state index contributed by atoms with van der Waals surface area (Å²) in [7, 11) is 0. The molecule has 0 aromatic heterocycles. The van der Waals surface area contributed by atoms with Crippen LogP contribution in [-0.4, -0.2) is 28.6 Å². The summed E-state index contributed by atoms with van der Waals surface area (Å²) in [5, 5.41) is 1.36. The van der Waals surface area contributed by atoms with Crippen LogP contribution in [0.2, 0.25) is 0 Å². The number of imide groups is 2. The predicted octanol–water partition coefficient (Wildman–Crippen LogP) is -0.963. The van der Waals surface area contributed by atoms with Crippen LogP contribution in [0.25, 0.3) is 0 Å². The Labute approximate surface area is 79.4 Å². The fraction of sp³-hybridized carbons (Fsp3) is 0.500. The second-order valence-corrected chi connectivity index (χ2v) is 3.20. The van der Waals surface area contributed by atoms with Crippen molar-refractivity contribution in [2.45, 2.75) is 25.7 Å². The van der Waals surface area contributed by atoms with Crippen LogP contribution in [0, 0.1) is 0 Å². The molecule has 6 nitrogen and oxygen atoms in total. The number of carbonyl (C=O) groups excluding carboxylic acids is 4. The third-order valence-electron chi connectivity index (χ3n) is 2.25. The summed E-state index contributed by atoms with van der Waals surface area (Å²) in [4.78, 5) is 44.9. The molecule has 0 bridgehead atoms. The summed E-state index contributed by atoms with van der Waals surface area (Å²) >= 11 is 0. The fourth-order valence-electron chi connectivity index (χ4n) is 1.58. The monoisotopic (exact) mass is 196 g/mol. The number of hydrogen-bond acceptors (Lipinski definition) is 4. The van der Waals surface area contributed by atoms with E-state index in [1.54, 1.807) is 0 Å². The molecule has 0 atom stereocenters. The van der Waals surface area contributed by atoms with Gasteiger partial charge < -0.3 is 0 Å². The van der Waals surface area contributed by atoms with Crippen LogP contribution in [-0.2, 0) is 19.2 Å². The first-order valence-electron chi connectivity index (χ1n) is 4.33. The minimum Gasteiger partial charge on any atom is -0.269 e. The van der Waals surface area contributed by atoms with Crippen molar-refractivity contribution in [1.29, 1.82) is 0 Å². The average molecular weight is 196 g/mol. The van der Waals surface area contributed by atoms with E-state index < -0.39 is 23.6 Å². The Balaban J connectivity index is 2.29. The Morgan fingerprint density at radius 3 is 1.64 bits per heavy atom. The van der Waals surface area contributed by atoms with Crippen LogP contribution in [0.4, 0.5) is 0 Å². The predicted molar refractivity (Wildman–Crippen MR) is 42.5 cm³/mol. The molecule has 2 fully saturated rings. The third-order valence-corrected chi connectivity index (χ3v) is 2.25. The molecule has 0 aromatic carbocycles. The van der Waals surface area contributed by atoms with Crippen LogP contribution in [0.15, 0.2) is 0 Å². The van der Waals surface area contributed by atoms with Crippen LogP contribution in [0.1, 0.15) is 25.7 Å². The summed E-state index contributed by atoms with van der Waals surface area (Å²) in [6.45, 7) is 0. The van der Waals surface area contributed by atoms with Crippen molar-refractivity contribution < 1.29 is 19.2 Å². The van der Waals surface area contributed by atoms with E-state index in [1.165, 1.54) is 0 Å². The lowest BCUT2D eigenvalue weighted by molar-refractivity contribution is -0.160. The molecule has 2 heterocycles. The Hall–Kier alpha value is -1.56. The zero-order valence-corrected chi connectivity index (χ0v) is 7.36. The molecule has 0 N–H and O–H groups in total. The highest BCUT2D eigenvalue weighted by Gasteiger charge is 2.54. The van der Waals surface area contributed by atoms with E-state index in [9.17, 15) is 19.2 Å². The fourth-order valence-corrected chi connectivity index (χ4v) is 1.58. The van der Waals surface area contributed by atoms with Gasteiger partial charge in [-0.1, -0.05) is 5.01 Å². The molecule has 1 radical (unpaired) electrons. The van der Waals surface area contributed by atoms with Gasteiger partial charge in [-0.25, -0.2) is 9.59 Å². The molecular formula is C8H8N2O4+. The van der Waals surface area contributed by atoms with Crippen LogP contribution >= 0.6 is 0 Å². The SMILES string of the molecule is O=C1CCC(=O)N1[N+]1C(=O)CCC1=O. The molecule has 0 unspecified atom stereocenters. The lowest BCUT2D eigenvalue weighted by Crippen LogP contribution is -2.53.